The van der Waals surface area contributed by atoms with Crippen LogP contribution < -0.4 is 9.64 Å². The number of likely N-dealkylation sites (N-methyl/N-ethyl adjacent to an activating group) is 1. The Hall–Kier alpha value is -2.52. The number of carbonyl (C=O) groups excluding carboxylic acids is 1. The fourth-order valence-corrected chi connectivity index (χ4v) is 4.78. The Morgan fingerprint density at radius 3 is 2.80 bits per heavy atom. The third-order valence-electron chi connectivity index (χ3n) is 5.47. The number of carbonyl (C=O) groups is 1. The predicted octanol–water partition coefficient (Wildman–Crippen LogP) is 3.22. The van der Waals surface area contributed by atoms with Gasteiger partial charge in [0, 0.05) is 26.1 Å². The molecule has 1 amide bonds. The van der Waals surface area contributed by atoms with E-state index in [0.717, 1.165) is 60.8 Å². The molecule has 2 aromatic heterocycles. The third kappa shape index (κ3) is 4.04. The predicted molar refractivity (Wildman–Crippen MR) is 119 cm³/mol. The number of anilines is 1. The first-order chi connectivity index (χ1) is 14.6. The SMILES string of the molecule is CCOc1ccc2nc(N(CCN(CC)CC)C(=O)c3nnc4n3CCC4)sc2c1. The van der Waals surface area contributed by atoms with Crippen molar-refractivity contribution in [3.8, 4) is 5.75 Å². The standard InChI is InChI=1S/C21H28N6O2S/c1-4-25(5-2)12-13-27(20(28)19-24-23-18-8-7-11-26(18)19)21-22-16-10-9-15(29-6-3)14-17(16)30-21/h9-10,14H,4-8,11-13H2,1-3H3. The average molecular weight is 429 g/mol. The van der Waals surface area contributed by atoms with Crippen LogP contribution in [0.4, 0.5) is 5.13 Å². The first-order valence-corrected chi connectivity index (χ1v) is 11.5. The number of hydrogen-bond acceptors (Lipinski definition) is 7. The number of aromatic nitrogens is 4. The summed E-state index contributed by atoms with van der Waals surface area (Å²) < 4.78 is 8.57. The number of rotatable bonds is 9. The van der Waals surface area contributed by atoms with Gasteiger partial charge in [-0.3, -0.25) is 9.69 Å². The van der Waals surface area contributed by atoms with Crippen LogP contribution in [0, 0.1) is 0 Å². The van der Waals surface area contributed by atoms with Crippen LogP contribution in [0.5, 0.6) is 5.75 Å². The van der Waals surface area contributed by atoms with Crippen molar-refractivity contribution in [2.45, 2.75) is 40.2 Å². The van der Waals surface area contributed by atoms with Crippen LogP contribution in [0.3, 0.4) is 0 Å². The Balaban J connectivity index is 1.67. The molecule has 3 aromatic rings. The Morgan fingerprint density at radius 1 is 1.20 bits per heavy atom. The van der Waals surface area contributed by atoms with Crippen LogP contribution in [-0.4, -0.2) is 63.3 Å². The zero-order chi connectivity index (χ0) is 21.1. The quantitative estimate of drug-likeness (QED) is 0.521. The molecule has 30 heavy (non-hydrogen) atoms. The smallest absolute Gasteiger partial charge is 0.298 e. The van der Waals surface area contributed by atoms with Gasteiger partial charge in [0.15, 0.2) is 5.13 Å². The summed E-state index contributed by atoms with van der Waals surface area (Å²) in [5.41, 5.74) is 0.866. The molecule has 0 saturated carbocycles. The summed E-state index contributed by atoms with van der Waals surface area (Å²) in [5.74, 6) is 1.99. The maximum atomic E-state index is 13.5. The van der Waals surface area contributed by atoms with E-state index >= 15 is 0 Å². The molecule has 0 aliphatic carbocycles. The molecule has 9 heteroatoms. The summed E-state index contributed by atoms with van der Waals surface area (Å²) in [6.45, 7) is 10.9. The molecule has 160 valence electrons. The van der Waals surface area contributed by atoms with E-state index in [4.69, 9.17) is 9.72 Å². The van der Waals surface area contributed by atoms with Crippen molar-refractivity contribution in [2.24, 2.45) is 0 Å². The Kier molecular flexibility index (Phi) is 6.29. The van der Waals surface area contributed by atoms with Gasteiger partial charge >= 0.3 is 0 Å². The van der Waals surface area contributed by atoms with Crippen molar-refractivity contribution in [1.29, 1.82) is 0 Å². The van der Waals surface area contributed by atoms with Crippen LogP contribution in [0.1, 0.15) is 43.6 Å². The third-order valence-corrected chi connectivity index (χ3v) is 6.51. The second-order valence-electron chi connectivity index (χ2n) is 7.24. The van der Waals surface area contributed by atoms with Crippen LogP contribution in [0.25, 0.3) is 10.2 Å². The zero-order valence-corrected chi connectivity index (χ0v) is 18.6. The second-order valence-corrected chi connectivity index (χ2v) is 8.25. The van der Waals surface area contributed by atoms with E-state index in [0.29, 0.717) is 24.1 Å². The van der Waals surface area contributed by atoms with Crippen molar-refractivity contribution in [3.63, 3.8) is 0 Å². The van der Waals surface area contributed by atoms with Gasteiger partial charge in [0.1, 0.15) is 11.6 Å². The normalized spacial score (nSPS) is 13.2. The number of thiazole rings is 1. The van der Waals surface area contributed by atoms with Crippen molar-refractivity contribution < 1.29 is 9.53 Å². The molecule has 4 rings (SSSR count). The fourth-order valence-electron chi connectivity index (χ4n) is 3.76. The van der Waals surface area contributed by atoms with Crippen molar-refractivity contribution in [1.82, 2.24) is 24.6 Å². The highest BCUT2D eigenvalue weighted by Gasteiger charge is 2.29. The van der Waals surface area contributed by atoms with Gasteiger partial charge in [-0.05, 0) is 44.6 Å². The minimum absolute atomic E-state index is 0.133. The van der Waals surface area contributed by atoms with E-state index < -0.39 is 0 Å². The lowest BCUT2D eigenvalue weighted by atomic mass is 10.3. The van der Waals surface area contributed by atoms with E-state index in [1.54, 1.807) is 4.90 Å². The molecule has 0 spiro atoms. The summed E-state index contributed by atoms with van der Waals surface area (Å²) in [6.07, 6.45) is 1.88. The average Bonchev–Trinajstić information content (AvgIpc) is 3.46. The molecule has 3 heterocycles. The fraction of sp³-hybridized carbons (Fsp3) is 0.524. The van der Waals surface area contributed by atoms with Crippen molar-refractivity contribution in [3.05, 3.63) is 29.8 Å². The minimum atomic E-state index is -0.133. The van der Waals surface area contributed by atoms with Crippen LogP contribution in [-0.2, 0) is 13.0 Å². The number of benzene rings is 1. The molecule has 0 N–H and O–H groups in total. The van der Waals surface area contributed by atoms with Crippen LogP contribution in [0.15, 0.2) is 18.2 Å². The van der Waals surface area contributed by atoms with Gasteiger partial charge in [-0.25, -0.2) is 4.98 Å². The van der Waals surface area contributed by atoms with Crippen molar-refractivity contribution in [2.75, 3.05) is 37.7 Å². The maximum Gasteiger partial charge on any atom is 0.298 e. The molecule has 0 radical (unpaired) electrons. The first-order valence-electron chi connectivity index (χ1n) is 10.6. The van der Waals surface area contributed by atoms with Gasteiger partial charge in [-0.1, -0.05) is 25.2 Å². The molecule has 0 unspecified atom stereocenters. The molecule has 1 aliphatic rings. The van der Waals surface area contributed by atoms with E-state index in [2.05, 4.69) is 28.9 Å². The van der Waals surface area contributed by atoms with Gasteiger partial charge < -0.3 is 14.2 Å². The topological polar surface area (TPSA) is 76.4 Å². The van der Waals surface area contributed by atoms with Gasteiger partial charge in [0.25, 0.3) is 5.91 Å². The number of fused-ring (bicyclic) bond motifs is 2. The molecular formula is C21H28N6O2S. The number of nitrogens with zero attached hydrogens (tertiary/aromatic N) is 6. The molecular weight excluding hydrogens is 400 g/mol. The van der Waals surface area contributed by atoms with Gasteiger partial charge in [0.05, 0.1) is 16.8 Å². The highest BCUT2D eigenvalue weighted by Crippen LogP contribution is 2.32. The Labute approximate surface area is 180 Å². The van der Waals surface area contributed by atoms with E-state index in [-0.39, 0.29) is 5.91 Å². The lowest BCUT2D eigenvalue weighted by Gasteiger charge is -2.24. The summed E-state index contributed by atoms with van der Waals surface area (Å²) >= 11 is 1.51. The zero-order valence-electron chi connectivity index (χ0n) is 17.8. The Bertz CT molecular complexity index is 1030. The molecule has 1 aromatic carbocycles. The highest BCUT2D eigenvalue weighted by molar-refractivity contribution is 7.22. The molecule has 8 nitrogen and oxygen atoms in total. The lowest BCUT2D eigenvalue weighted by molar-refractivity contribution is 0.0969. The van der Waals surface area contributed by atoms with Crippen molar-refractivity contribution >= 4 is 32.6 Å². The van der Waals surface area contributed by atoms with Gasteiger partial charge in [0.2, 0.25) is 5.82 Å². The number of aryl methyl sites for hydroxylation is 1. The summed E-state index contributed by atoms with van der Waals surface area (Å²) in [6, 6.07) is 5.85. The molecule has 0 atom stereocenters. The maximum absolute atomic E-state index is 13.5. The summed E-state index contributed by atoms with van der Waals surface area (Å²) in [7, 11) is 0. The number of hydrogen-bond donors (Lipinski definition) is 0. The number of amides is 1. The number of ether oxygens (including phenoxy) is 1. The van der Waals surface area contributed by atoms with Crippen LogP contribution >= 0.6 is 11.3 Å². The highest BCUT2D eigenvalue weighted by atomic mass is 32.1. The second kappa shape index (κ2) is 9.09. The van der Waals surface area contributed by atoms with E-state index in [9.17, 15) is 4.79 Å². The first kappa shape index (κ1) is 20.7. The van der Waals surface area contributed by atoms with Crippen LogP contribution in [0.2, 0.25) is 0 Å². The van der Waals surface area contributed by atoms with Gasteiger partial charge in [-0.2, -0.15) is 0 Å². The minimum Gasteiger partial charge on any atom is -0.494 e. The molecule has 0 bridgehead atoms. The van der Waals surface area contributed by atoms with Gasteiger partial charge in [-0.15, -0.1) is 10.2 Å². The monoisotopic (exact) mass is 428 g/mol. The van der Waals surface area contributed by atoms with E-state index in [1.165, 1.54) is 11.3 Å². The largest absolute Gasteiger partial charge is 0.494 e. The molecule has 1 aliphatic heterocycles. The Morgan fingerprint density at radius 2 is 2.03 bits per heavy atom. The molecule has 0 saturated heterocycles. The summed E-state index contributed by atoms with van der Waals surface area (Å²) in [5, 5.41) is 9.11. The lowest BCUT2D eigenvalue weighted by Crippen LogP contribution is -2.40. The van der Waals surface area contributed by atoms with E-state index in [1.807, 2.05) is 29.7 Å². The molecule has 0 fully saturated rings. The summed E-state index contributed by atoms with van der Waals surface area (Å²) in [4.78, 5) is 22.4.